The third-order valence-corrected chi connectivity index (χ3v) is 4.66. The number of carbonyl (C=O) groups excluding carboxylic acids is 1. The van der Waals surface area contributed by atoms with Crippen LogP contribution in [0.2, 0.25) is 0 Å². The fourth-order valence-electron chi connectivity index (χ4n) is 2.87. The molecule has 0 unspecified atom stereocenters. The van der Waals surface area contributed by atoms with E-state index in [0.717, 1.165) is 6.42 Å². The Bertz CT molecular complexity index is 633. The monoisotopic (exact) mass is 630 g/mol. The Morgan fingerprint density at radius 3 is 1.37 bits per heavy atom. The largest absolute Gasteiger partial charge is 0.483 e. The zero-order valence-corrected chi connectivity index (χ0v) is 25.9. The number of amides is 1. The number of ether oxygens (including phenoxy) is 7. The van der Waals surface area contributed by atoms with Gasteiger partial charge in [0.1, 0.15) is 5.54 Å². The molecule has 0 fully saturated rings. The van der Waals surface area contributed by atoms with Crippen LogP contribution in [0.4, 0.5) is 0 Å². The van der Waals surface area contributed by atoms with E-state index in [4.69, 9.17) is 59.0 Å². The third kappa shape index (κ3) is 35.7. The average molecular weight is 631 g/mol. The number of nitrogens with two attached hydrogens (primary N) is 1. The van der Waals surface area contributed by atoms with Crippen molar-refractivity contribution in [3.63, 3.8) is 0 Å². The number of rotatable bonds is 29. The van der Waals surface area contributed by atoms with Crippen LogP contribution in [-0.2, 0) is 52.3 Å². The smallest absolute Gasteiger partial charge is 0.305 e. The van der Waals surface area contributed by atoms with Gasteiger partial charge in [0, 0.05) is 19.6 Å². The minimum absolute atomic E-state index is 0.0443. The highest BCUT2D eigenvalue weighted by Crippen LogP contribution is 2.11. The first-order chi connectivity index (χ1) is 20.8. The van der Waals surface area contributed by atoms with Crippen molar-refractivity contribution in [3.8, 4) is 0 Å². The lowest BCUT2D eigenvalue weighted by Crippen LogP contribution is -2.58. The molecule has 0 spiro atoms. The number of carboxylic acid groups (broad SMARTS) is 3. The minimum Gasteiger partial charge on any atom is -0.483 e. The van der Waals surface area contributed by atoms with Crippen molar-refractivity contribution in [2.24, 2.45) is 5.73 Å². The van der Waals surface area contributed by atoms with E-state index < -0.39 is 17.5 Å². The van der Waals surface area contributed by atoms with Crippen molar-refractivity contribution in [1.29, 1.82) is 0 Å². The van der Waals surface area contributed by atoms with Gasteiger partial charge < -0.3 is 59.5 Å². The molecule has 16 nitrogen and oxygen atoms in total. The van der Waals surface area contributed by atoms with Crippen molar-refractivity contribution in [2.45, 2.75) is 52.0 Å². The normalized spacial score (nSPS) is 10.6. The molecule has 0 rings (SSSR count). The molecule has 0 atom stereocenters. The topological polar surface area (TPSA) is 232 Å². The minimum atomic E-state index is -1.12. The molecule has 0 aliphatic carbocycles. The zero-order chi connectivity index (χ0) is 33.0. The summed E-state index contributed by atoms with van der Waals surface area (Å²) < 4.78 is 38.0. The molecule has 0 aromatic carbocycles. The Labute approximate surface area is 254 Å². The van der Waals surface area contributed by atoms with Crippen LogP contribution in [0.5, 0.6) is 0 Å². The molecule has 0 aromatic rings. The van der Waals surface area contributed by atoms with E-state index >= 15 is 0 Å². The summed E-state index contributed by atoms with van der Waals surface area (Å²) >= 11 is 0. The molecular formula is C27H54N2O14. The summed E-state index contributed by atoms with van der Waals surface area (Å²) in [6.07, 6.45) is 0.386. The summed E-state index contributed by atoms with van der Waals surface area (Å²) in [6.45, 7) is 9.45. The van der Waals surface area contributed by atoms with Gasteiger partial charge in [0.15, 0.2) is 0 Å². The zero-order valence-electron chi connectivity index (χ0n) is 25.9. The molecule has 256 valence electrons. The number of hydrogen-bond acceptors (Lipinski definition) is 12. The predicted octanol–water partition coefficient (Wildman–Crippen LogP) is 0.393. The van der Waals surface area contributed by atoms with Crippen molar-refractivity contribution in [1.82, 2.24) is 5.32 Å². The van der Waals surface area contributed by atoms with Gasteiger partial charge in [-0.05, 0) is 6.42 Å². The van der Waals surface area contributed by atoms with Gasteiger partial charge in [0.25, 0.3) is 6.47 Å². The molecule has 1 amide bonds. The second-order valence-electron chi connectivity index (χ2n) is 8.37. The molecule has 43 heavy (non-hydrogen) atoms. The number of nitrogens with one attached hydrogen (secondary N) is 1. The highest BCUT2D eigenvalue weighted by atomic mass is 16.6. The van der Waals surface area contributed by atoms with Gasteiger partial charge in [-0.3, -0.25) is 19.2 Å². The molecule has 0 aromatic heterocycles. The van der Waals surface area contributed by atoms with Crippen LogP contribution < -0.4 is 11.1 Å². The maximum absolute atomic E-state index is 12.7. The van der Waals surface area contributed by atoms with Crippen LogP contribution in [0.15, 0.2) is 0 Å². The van der Waals surface area contributed by atoms with E-state index in [1.165, 1.54) is 0 Å². The molecule has 0 aliphatic heterocycles. The van der Waals surface area contributed by atoms with Crippen LogP contribution in [0, 0.1) is 0 Å². The van der Waals surface area contributed by atoms with E-state index in [1.54, 1.807) is 0 Å². The average Bonchev–Trinajstić information content (AvgIpc) is 2.97. The Morgan fingerprint density at radius 1 is 0.651 bits per heavy atom. The molecule has 0 bridgehead atoms. The lowest BCUT2D eigenvalue weighted by Gasteiger charge is -2.34. The van der Waals surface area contributed by atoms with Gasteiger partial charge in [-0.2, -0.15) is 0 Å². The lowest BCUT2D eigenvalue weighted by molar-refractivity contribution is -0.140. The Morgan fingerprint density at radius 2 is 1.00 bits per heavy atom. The third-order valence-electron chi connectivity index (χ3n) is 4.66. The van der Waals surface area contributed by atoms with E-state index in [0.29, 0.717) is 59.4 Å². The summed E-state index contributed by atoms with van der Waals surface area (Å²) in [5.74, 6) is -2.37. The molecule has 0 radical (unpaired) electrons. The number of carbonyl (C=O) groups is 4. The van der Waals surface area contributed by atoms with Gasteiger partial charge in [-0.1, -0.05) is 20.8 Å². The van der Waals surface area contributed by atoms with Crippen LogP contribution in [0.1, 0.15) is 46.5 Å². The first kappa shape index (κ1) is 45.0. The summed E-state index contributed by atoms with van der Waals surface area (Å²) in [4.78, 5) is 42.6. The first-order valence-corrected chi connectivity index (χ1v) is 14.3. The van der Waals surface area contributed by atoms with Crippen molar-refractivity contribution in [3.05, 3.63) is 0 Å². The SMILES string of the molecule is CC.CCCOCC(COCCC(=O)O)(COCCC(=O)O)NC(=O)CCOCCOCCOCCOCCN.O=CO. The van der Waals surface area contributed by atoms with Gasteiger partial charge in [-0.15, -0.1) is 0 Å². The maximum Gasteiger partial charge on any atom is 0.305 e. The number of hydrogen-bond donors (Lipinski definition) is 5. The Kier molecular flexibility index (Phi) is 37.4. The van der Waals surface area contributed by atoms with Crippen LogP contribution in [0.3, 0.4) is 0 Å². The van der Waals surface area contributed by atoms with Gasteiger partial charge in [0.2, 0.25) is 5.91 Å². The van der Waals surface area contributed by atoms with Crippen molar-refractivity contribution < 1.29 is 67.7 Å². The van der Waals surface area contributed by atoms with Gasteiger partial charge >= 0.3 is 11.9 Å². The summed E-state index contributed by atoms with van der Waals surface area (Å²) in [6, 6.07) is 0. The maximum atomic E-state index is 12.7. The van der Waals surface area contributed by atoms with E-state index in [2.05, 4.69) is 5.32 Å². The number of aliphatic carboxylic acids is 2. The molecule has 6 N–H and O–H groups in total. The predicted molar refractivity (Wildman–Crippen MR) is 155 cm³/mol. The second-order valence-corrected chi connectivity index (χ2v) is 8.37. The molecule has 0 saturated heterocycles. The molecule has 16 heteroatoms. The fourth-order valence-corrected chi connectivity index (χ4v) is 2.87. The standard InChI is InChI=1S/C24H46N2O12.C2H6.CH2O2/c1-2-7-36-18-24(19-37-9-4-22(28)29,20-38-10-5-23(30)31)26-21(27)3-8-32-12-14-34-16-17-35-15-13-33-11-6-25;1-2;2-1-3/h2-20,25H2,1H3,(H,26,27)(H,28,29)(H,30,31);1-2H3;1H,(H,2,3). The second kappa shape index (κ2) is 35.8. The Hall–Kier alpha value is -2.44. The van der Waals surface area contributed by atoms with Crippen molar-refractivity contribution in [2.75, 3.05) is 99.0 Å². The van der Waals surface area contributed by atoms with Gasteiger partial charge in [-0.25, -0.2) is 0 Å². The fraction of sp³-hybridized carbons (Fsp3) is 0.852. The molecule has 0 heterocycles. The first-order valence-electron chi connectivity index (χ1n) is 14.3. The van der Waals surface area contributed by atoms with Crippen LogP contribution in [-0.4, -0.2) is 144 Å². The van der Waals surface area contributed by atoms with Crippen LogP contribution in [0.25, 0.3) is 0 Å². The van der Waals surface area contributed by atoms with E-state index in [1.807, 2.05) is 20.8 Å². The van der Waals surface area contributed by atoms with Crippen LogP contribution >= 0.6 is 0 Å². The molecule has 0 saturated carbocycles. The Balaban J connectivity index is -0.00000299. The molecular weight excluding hydrogens is 576 g/mol. The highest BCUT2D eigenvalue weighted by Gasteiger charge is 2.33. The number of carboxylic acids is 2. The molecule has 0 aliphatic rings. The summed E-state index contributed by atoms with van der Waals surface area (Å²) in [5, 5.41) is 27.4. The quantitative estimate of drug-likeness (QED) is 0.0556. The lowest BCUT2D eigenvalue weighted by atomic mass is 10.0. The van der Waals surface area contributed by atoms with Gasteiger partial charge in [0.05, 0.1) is 98.7 Å². The van der Waals surface area contributed by atoms with E-state index in [-0.39, 0.29) is 71.3 Å². The summed E-state index contributed by atoms with van der Waals surface area (Å²) in [7, 11) is 0. The summed E-state index contributed by atoms with van der Waals surface area (Å²) in [5.41, 5.74) is 4.19. The highest BCUT2D eigenvalue weighted by molar-refractivity contribution is 5.77. The van der Waals surface area contributed by atoms with Crippen molar-refractivity contribution >= 4 is 24.3 Å². The van der Waals surface area contributed by atoms with E-state index in [9.17, 15) is 14.4 Å².